The first-order chi connectivity index (χ1) is 17.7. The molecule has 2 N–H and O–H groups in total. The van der Waals surface area contributed by atoms with Gasteiger partial charge in [0.1, 0.15) is 11.4 Å². The highest BCUT2D eigenvalue weighted by Gasteiger charge is 2.33. The zero-order chi connectivity index (χ0) is 26.0. The molecule has 0 bridgehead atoms. The summed E-state index contributed by atoms with van der Waals surface area (Å²) < 4.78 is 48.8. The normalized spacial score (nSPS) is 14.8. The Labute approximate surface area is 218 Å². The van der Waals surface area contributed by atoms with Crippen molar-refractivity contribution in [2.75, 3.05) is 24.5 Å². The van der Waals surface area contributed by atoms with Gasteiger partial charge in [0, 0.05) is 41.4 Å². The molecule has 0 saturated carbocycles. The van der Waals surface area contributed by atoms with E-state index in [0.29, 0.717) is 62.0 Å². The van der Waals surface area contributed by atoms with Crippen molar-refractivity contribution in [3.8, 4) is 5.75 Å². The molecular formula is C25H23BrF3N5O3. The van der Waals surface area contributed by atoms with Gasteiger partial charge in [-0.25, -0.2) is 0 Å². The molecule has 0 unspecified atom stereocenters. The van der Waals surface area contributed by atoms with Crippen LogP contribution in [-0.2, 0) is 6.42 Å². The predicted octanol–water partition coefficient (Wildman–Crippen LogP) is 5.57. The van der Waals surface area contributed by atoms with E-state index in [1.807, 2.05) is 23.1 Å². The number of alkyl halides is 3. The topological polar surface area (TPSA) is 96.3 Å². The van der Waals surface area contributed by atoms with E-state index in [0.717, 1.165) is 15.4 Å². The Hall–Kier alpha value is -3.54. The first kappa shape index (κ1) is 25.1. The molecule has 2 aromatic heterocycles. The molecular weight excluding hydrogens is 555 g/mol. The van der Waals surface area contributed by atoms with Crippen LogP contribution in [0.25, 0.3) is 10.9 Å². The van der Waals surface area contributed by atoms with E-state index in [4.69, 9.17) is 4.52 Å². The maximum Gasteiger partial charge on any atom is 0.573 e. The zero-order valence-corrected chi connectivity index (χ0v) is 21.1. The fourth-order valence-electron chi connectivity index (χ4n) is 4.51. The number of rotatable bonds is 7. The lowest BCUT2D eigenvalue weighted by molar-refractivity contribution is -0.275. The number of piperidine rings is 1. The molecule has 1 saturated heterocycles. The van der Waals surface area contributed by atoms with Crippen molar-refractivity contribution >= 4 is 38.7 Å². The quantitative estimate of drug-likeness (QED) is 0.298. The van der Waals surface area contributed by atoms with Crippen molar-refractivity contribution < 1.29 is 27.2 Å². The van der Waals surface area contributed by atoms with Gasteiger partial charge in [0.15, 0.2) is 0 Å². The van der Waals surface area contributed by atoms with Crippen LogP contribution in [0.15, 0.2) is 57.5 Å². The number of benzene rings is 2. The van der Waals surface area contributed by atoms with Gasteiger partial charge >= 0.3 is 6.36 Å². The summed E-state index contributed by atoms with van der Waals surface area (Å²) in [6, 6.07) is 13.8. The van der Waals surface area contributed by atoms with E-state index in [-0.39, 0.29) is 17.6 Å². The van der Waals surface area contributed by atoms with Gasteiger partial charge in [0.2, 0.25) is 5.89 Å². The van der Waals surface area contributed by atoms with E-state index < -0.39 is 6.36 Å². The van der Waals surface area contributed by atoms with E-state index in [1.165, 1.54) is 12.1 Å². The Morgan fingerprint density at radius 2 is 1.97 bits per heavy atom. The van der Waals surface area contributed by atoms with Gasteiger partial charge in [0.05, 0.1) is 0 Å². The van der Waals surface area contributed by atoms with E-state index in [2.05, 4.69) is 41.1 Å². The largest absolute Gasteiger partial charge is 0.573 e. The van der Waals surface area contributed by atoms with Crippen LogP contribution in [0.5, 0.6) is 5.75 Å². The highest BCUT2D eigenvalue weighted by molar-refractivity contribution is 9.10. The molecule has 0 radical (unpaired) electrons. The number of ether oxygens (including phenoxy) is 1. The first-order valence-electron chi connectivity index (χ1n) is 11.7. The maximum atomic E-state index is 12.8. The summed E-state index contributed by atoms with van der Waals surface area (Å²) >= 11 is 3.42. The van der Waals surface area contributed by atoms with Gasteiger partial charge in [-0.2, -0.15) is 4.98 Å². The number of halogens is 4. The molecule has 8 nitrogen and oxygen atoms in total. The summed E-state index contributed by atoms with van der Waals surface area (Å²) in [5.41, 5.74) is 1.88. The second-order valence-electron chi connectivity index (χ2n) is 8.76. The molecule has 1 aliphatic rings. The van der Waals surface area contributed by atoms with Crippen LogP contribution in [0, 0.1) is 0 Å². The minimum atomic E-state index is -4.73. The number of carbonyl (C=O) groups is 1. The second-order valence-corrected chi connectivity index (χ2v) is 9.67. The Kier molecular flexibility index (Phi) is 7.09. The number of para-hydroxylation sites is 1. The summed E-state index contributed by atoms with van der Waals surface area (Å²) in [7, 11) is 0. The monoisotopic (exact) mass is 577 g/mol. The number of fused-ring (bicyclic) bond motifs is 1. The molecule has 194 valence electrons. The Morgan fingerprint density at radius 1 is 1.19 bits per heavy atom. The smallest absolute Gasteiger partial charge is 0.405 e. The maximum absolute atomic E-state index is 12.8. The van der Waals surface area contributed by atoms with Crippen molar-refractivity contribution in [3.63, 3.8) is 0 Å². The molecule has 37 heavy (non-hydrogen) atoms. The van der Waals surface area contributed by atoms with Gasteiger partial charge in [-0.3, -0.25) is 4.79 Å². The molecule has 4 aromatic rings. The van der Waals surface area contributed by atoms with E-state index >= 15 is 0 Å². The fourth-order valence-corrected chi connectivity index (χ4v) is 4.88. The highest BCUT2D eigenvalue weighted by atomic mass is 79.9. The third kappa shape index (κ3) is 6.07. The number of nitrogens with zero attached hydrogens (tertiary/aromatic N) is 3. The average Bonchev–Trinajstić information content (AvgIpc) is 3.50. The first-order valence-corrected chi connectivity index (χ1v) is 12.5. The molecule has 2 aromatic carbocycles. The minimum Gasteiger partial charge on any atom is -0.405 e. The average molecular weight is 578 g/mol. The molecule has 1 fully saturated rings. The van der Waals surface area contributed by atoms with Crippen LogP contribution in [0.4, 0.5) is 19.1 Å². The van der Waals surface area contributed by atoms with E-state index in [1.54, 1.807) is 18.2 Å². The molecule has 12 heteroatoms. The highest BCUT2D eigenvalue weighted by Crippen LogP contribution is 2.37. The lowest BCUT2D eigenvalue weighted by Gasteiger charge is -2.31. The fraction of sp³-hybridized carbons (Fsp3) is 0.320. The van der Waals surface area contributed by atoms with Gasteiger partial charge in [-0.1, -0.05) is 34.1 Å². The number of hydrogen-bond donors (Lipinski definition) is 2. The molecule has 3 heterocycles. The van der Waals surface area contributed by atoms with Crippen LogP contribution in [0.2, 0.25) is 0 Å². The lowest BCUT2D eigenvalue weighted by Crippen LogP contribution is -2.34. The van der Waals surface area contributed by atoms with Crippen LogP contribution in [-0.4, -0.2) is 47.0 Å². The van der Waals surface area contributed by atoms with Crippen molar-refractivity contribution in [1.29, 1.82) is 0 Å². The Morgan fingerprint density at radius 3 is 2.76 bits per heavy atom. The number of amides is 1. The summed E-state index contributed by atoms with van der Waals surface area (Å²) in [6.45, 7) is 1.45. The second kappa shape index (κ2) is 10.4. The minimum absolute atomic E-state index is 0.0675. The Balaban J connectivity index is 1.12. The number of aromatic nitrogens is 3. The van der Waals surface area contributed by atoms with Crippen molar-refractivity contribution in [1.82, 2.24) is 20.4 Å². The van der Waals surface area contributed by atoms with Crippen LogP contribution >= 0.6 is 15.9 Å². The van der Waals surface area contributed by atoms with Crippen molar-refractivity contribution in [2.45, 2.75) is 31.5 Å². The molecule has 0 aliphatic carbocycles. The molecule has 0 spiro atoms. The zero-order valence-electron chi connectivity index (χ0n) is 19.5. The van der Waals surface area contributed by atoms with Gasteiger partial charge in [-0.15, -0.1) is 13.2 Å². The van der Waals surface area contributed by atoms with Crippen LogP contribution < -0.4 is 15.0 Å². The molecule has 0 atom stereocenters. The van der Waals surface area contributed by atoms with Crippen molar-refractivity contribution in [2.24, 2.45) is 0 Å². The van der Waals surface area contributed by atoms with Gasteiger partial charge in [0.25, 0.3) is 11.9 Å². The number of nitrogens with one attached hydrogen (secondary N) is 2. The van der Waals surface area contributed by atoms with Crippen molar-refractivity contribution in [3.05, 3.63) is 70.2 Å². The molecule has 1 aliphatic heterocycles. The summed E-state index contributed by atoms with van der Waals surface area (Å²) in [5.74, 6) is 0.367. The number of aromatic amines is 1. The number of hydrogen-bond acceptors (Lipinski definition) is 6. The van der Waals surface area contributed by atoms with Crippen LogP contribution in [0.1, 0.15) is 40.7 Å². The standard InChI is InChI=1S/C25H23BrF3N5O3/c26-17-5-6-19-16(13-17)14-20(31-19)23(35)30-10-7-22-32-24(33-37-22)34-11-8-15(9-12-34)18-3-1-2-4-21(18)36-25(27,28)29/h1-6,13-15,31H,7-12H2,(H,30,35). The molecule has 5 rings (SSSR count). The van der Waals surface area contributed by atoms with Crippen LogP contribution in [0.3, 0.4) is 0 Å². The van der Waals surface area contributed by atoms with E-state index in [9.17, 15) is 18.0 Å². The predicted molar refractivity (Wildman–Crippen MR) is 134 cm³/mol. The number of anilines is 1. The Bertz CT molecular complexity index is 1400. The third-order valence-electron chi connectivity index (χ3n) is 6.27. The number of H-pyrrole nitrogens is 1. The summed E-state index contributed by atoms with van der Waals surface area (Å²) in [4.78, 5) is 21.9. The van der Waals surface area contributed by atoms with Gasteiger partial charge in [-0.05, 0) is 59.8 Å². The lowest BCUT2D eigenvalue weighted by atomic mass is 9.89. The summed E-state index contributed by atoms with van der Waals surface area (Å²) in [5, 5.41) is 7.81. The van der Waals surface area contributed by atoms with Gasteiger partial charge < -0.3 is 24.5 Å². The summed E-state index contributed by atoms with van der Waals surface area (Å²) in [6.07, 6.45) is -3.12. The third-order valence-corrected chi connectivity index (χ3v) is 6.76. The molecule has 1 amide bonds. The SMILES string of the molecule is O=C(NCCc1nc(N2CCC(c3ccccc3OC(F)(F)F)CC2)no1)c1cc2cc(Br)ccc2[nH]1. The number of carbonyl (C=O) groups excluding carboxylic acids is 1.